The Morgan fingerprint density at radius 3 is 2.45 bits per heavy atom. The number of sulfonamides is 1. The number of benzene rings is 2. The molecule has 2 heterocycles. The van der Waals surface area contributed by atoms with Crippen molar-refractivity contribution >= 4 is 27.7 Å². The van der Waals surface area contributed by atoms with E-state index in [0.29, 0.717) is 43.6 Å². The Hall–Kier alpha value is -2.23. The second kappa shape index (κ2) is 9.56. The van der Waals surface area contributed by atoms with Crippen LogP contribution >= 0.6 is 11.8 Å². The first-order chi connectivity index (χ1) is 16.0. The normalized spacial score (nSPS) is 18.6. The van der Waals surface area contributed by atoms with E-state index in [2.05, 4.69) is 18.2 Å². The van der Waals surface area contributed by atoms with Crippen molar-refractivity contribution in [1.82, 2.24) is 9.21 Å². The van der Waals surface area contributed by atoms with E-state index in [-0.39, 0.29) is 23.9 Å². The lowest BCUT2D eigenvalue weighted by atomic mass is 10.1. The van der Waals surface area contributed by atoms with Crippen LogP contribution in [-0.2, 0) is 27.7 Å². The van der Waals surface area contributed by atoms with Gasteiger partial charge in [0, 0.05) is 43.6 Å². The molecule has 2 aliphatic heterocycles. The van der Waals surface area contributed by atoms with Crippen LogP contribution in [0.15, 0.2) is 46.2 Å². The fourth-order valence-electron chi connectivity index (χ4n) is 4.51. The molecule has 33 heavy (non-hydrogen) atoms. The zero-order chi connectivity index (χ0) is 22.8. The molecule has 0 unspecified atom stereocenters. The maximum Gasteiger partial charge on any atom is 0.243 e. The highest BCUT2D eigenvalue weighted by Crippen LogP contribution is 2.33. The second-order valence-electron chi connectivity index (χ2n) is 8.52. The number of fused-ring (bicyclic) bond motifs is 2. The lowest BCUT2D eigenvalue weighted by Crippen LogP contribution is -2.50. The number of hydrogen-bond donors (Lipinski definition) is 0. The third kappa shape index (κ3) is 4.85. The Kier molecular flexibility index (Phi) is 6.53. The fourth-order valence-corrected chi connectivity index (χ4v) is 6.81. The van der Waals surface area contributed by atoms with E-state index in [0.717, 1.165) is 24.2 Å². The number of ether oxygens (including phenoxy) is 2. The first kappa shape index (κ1) is 22.6. The third-order valence-electron chi connectivity index (χ3n) is 6.38. The molecule has 1 saturated heterocycles. The standard InChI is InChI=1S/C24H28N2O5S2/c27-24(17-32-20-6-5-18-3-1-4-19(18)15-20)25-9-11-26(12-10-25)33(28,29)21-7-8-22-23(16-21)31-14-2-13-30-22/h5-8,15-16H,1-4,9-14,17H2. The molecule has 0 radical (unpaired) electrons. The van der Waals surface area contributed by atoms with Gasteiger partial charge in [0.15, 0.2) is 11.5 Å². The summed E-state index contributed by atoms with van der Waals surface area (Å²) in [4.78, 5) is 15.8. The van der Waals surface area contributed by atoms with E-state index in [9.17, 15) is 13.2 Å². The van der Waals surface area contributed by atoms with Gasteiger partial charge in [-0.3, -0.25) is 4.79 Å². The van der Waals surface area contributed by atoms with Gasteiger partial charge in [-0.25, -0.2) is 8.42 Å². The number of hydrogen-bond acceptors (Lipinski definition) is 6. The van der Waals surface area contributed by atoms with Gasteiger partial charge in [0.05, 0.1) is 23.9 Å². The average Bonchev–Trinajstić information content (AvgIpc) is 3.18. The Labute approximate surface area is 199 Å². The van der Waals surface area contributed by atoms with E-state index >= 15 is 0 Å². The topological polar surface area (TPSA) is 76.2 Å². The van der Waals surface area contributed by atoms with Gasteiger partial charge in [0.1, 0.15) is 0 Å². The number of carbonyl (C=O) groups excluding carboxylic acids is 1. The highest BCUT2D eigenvalue weighted by atomic mass is 32.2. The minimum atomic E-state index is -3.66. The van der Waals surface area contributed by atoms with Crippen LogP contribution in [0, 0.1) is 0 Å². The largest absolute Gasteiger partial charge is 0.490 e. The van der Waals surface area contributed by atoms with E-state index in [1.165, 1.54) is 21.9 Å². The van der Waals surface area contributed by atoms with Crippen molar-refractivity contribution in [2.45, 2.75) is 35.5 Å². The summed E-state index contributed by atoms with van der Waals surface area (Å²) >= 11 is 1.56. The van der Waals surface area contributed by atoms with Crippen molar-refractivity contribution in [3.63, 3.8) is 0 Å². The van der Waals surface area contributed by atoms with Crippen molar-refractivity contribution in [2.75, 3.05) is 45.1 Å². The summed E-state index contributed by atoms with van der Waals surface area (Å²) < 4.78 is 39.0. The highest BCUT2D eigenvalue weighted by molar-refractivity contribution is 8.00. The van der Waals surface area contributed by atoms with E-state index in [4.69, 9.17) is 9.47 Å². The number of nitrogens with zero attached hydrogens (tertiary/aromatic N) is 2. The highest BCUT2D eigenvalue weighted by Gasteiger charge is 2.31. The number of carbonyl (C=O) groups is 1. The van der Waals surface area contributed by atoms with Crippen molar-refractivity contribution in [1.29, 1.82) is 0 Å². The van der Waals surface area contributed by atoms with Gasteiger partial charge >= 0.3 is 0 Å². The second-order valence-corrected chi connectivity index (χ2v) is 11.5. The molecule has 0 aromatic heterocycles. The quantitative estimate of drug-likeness (QED) is 0.603. The molecule has 1 fully saturated rings. The number of piperazine rings is 1. The molecule has 0 bridgehead atoms. The zero-order valence-corrected chi connectivity index (χ0v) is 20.1. The molecular formula is C24H28N2O5S2. The molecule has 2 aromatic rings. The van der Waals surface area contributed by atoms with Crippen molar-refractivity contribution in [3.8, 4) is 11.5 Å². The molecule has 0 spiro atoms. The van der Waals surface area contributed by atoms with Gasteiger partial charge in [0.2, 0.25) is 15.9 Å². The summed E-state index contributed by atoms with van der Waals surface area (Å²) in [5.74, 6) is 1.45. The molecule has 1 aliphatic carbocycles. The molecule has 0 saturated carbocycles. The smallest absolute Gasteiger partial charge is 0.243 e. The zero-order valence-electron chi connectivity index (χ0n) is 18.5. The van der Waals surface area contributed by atoms with Crippen LogP contribution in [0.1, 0.15) is 24.0 Å². The molecule has 176 valence electrons. The molecular weight excluding hydrogens is 460 g/mol. The maximum absolute atomic E-state index is 13.2. The van der Waals surface area contributed by atoms with Gasteiger partial charge in [-0.2, -0.15) is 4.31 Å². The minimum Gasteiger partial charge on any atom is -0.490 e. The summed E-state index contributed by atoms with van der Waals surface area (Å²) in [5.41, 5.74) is 2.83. The number of rotatable bonds is 5. The molecule has 9 heteroatoms. The predicted molar refractivity (Wildman–Crippen MR) is 127 cm³/mol. The summed E-state index contributed by atoms with van der Waals surface area (Å²) in [5, 5.41) is 0. The Balaban J connectivity index is 1.17. The first-order valence-corrected chi connectivity index (χ1v) is 13.9. The van der Waals surface area contributed by atoms with E-state index < -0.39 is 10.0 Å². The van der Waals surface area contributed by atoms with Crippen LogP contribution < -0.4 is 9.47 Å². The summed E-state index contributed by atoms with van der Waals surface area (Å²) in [7, 11) is -3.66. The monoisotopic (exact) mass is 488 g/mol. The first-order valence-electron chi connectivity index (χ1n) is 11.4. The van der Waals surface area contributed by atoms with Crippen molar-refractivity contribution < 1.29 is 22.7 Å². The van der Waals surface area contributed by atoms with Gasteiger partial charge in [-0.05, 0) is 54.7 Å². The Morgan fingerprint density at radius 2 is 1.64 bits per heavy atom. The lowest BCUT2D eigenvalue weighted by molar-refractivity contribution is -0.129. The van der Waals surface area contributed by atoms with Crippen LogP contribution in [0.25, 0.3) is 0 Å². The van der Waals surface area contributed by atoms with Gasteiger partial charge in [-0.1, -0.05) is 6.07 Å². The van der Waals surface area contributed by atoms with Gasteiger partial charge < -0.3 is 14.4 Å². The Morgan fingerprint density at radius 1 is 0.879 bits per heavy atom. The van der Waals surface area contributed by atoms with Crippen LogP contribution in [0.4, 0.5) is 0 Å². The predicted octanol–water partition coefficient (Wildman–Crippen LogP) is 2.96. The molecule has 1 amide bonds. The summed E-state index contributed by atoms with van der Waals surface area (Å²) in [6, 6.07) is 11.2. The molecule has 3 aliphatic rings. The number of amides is 1. The molecule has 2 aromatic carbocycles. The summed E-state index contributed by atoms with van der Waals surface area (Å²) in [6.45, 7) is 2.42. The van der Waals surface area contributed by atoms with E-state index in [1.807, 2.05) is 0 Å². The third-order valence-corrected chi connectivity index (χ3v) is 9.25. The number of thioether (sulfide) groups is 1. The van der Waals surface area contributed by atoms with Crippen LogP contribution in [0.2, 0.25) is 0 Å². The van der Waals surface area contributed by atoms with E-state index in [1.54, 1.807) is 34.9 Å². The SMILES string of the molecule is O=C(CSc1ccc2c(c1)CCC2)N1CCN(S(=O)(=O)c2ccc3c(c2)OCCCO3)CC1. The Bertz CT molecular complexity index is 1140. The molecule has 7 nitrogen and oxygen atoms in total. The average molecular weight is 489 g/mol. The lowest BCUT2D eigenvalue weighted by Gasteiger charge is -2.34. The van der Waals surface area contributed by atoms with Gasteiger partial charge in [0.25, 0.3) is 0 Å². The number of aryl methyl sites for hydroxylation is 2. The van der Waals surface area contributed by atoms with Crippen LogP contribution in [0.3, 0.4) is 0 Å². The van der Waals surface area contributed by atoms with Crippen molar-refractivity contribution in [3.05, 3.63) is 47.5 Å². The summed E-state index contributed by atoms with van der Waals surface area (Å²) in [6.07, 6.45) is 4.25. The molecule has 0 atom stereocenters. The molecule has 0 N–H and O–H groups in total. The molecule has 5 rings (SSSR count). The fraction of sp³-hybridized carbons (Fsp3) is 0.458. The van der Waals surface area contributed by atoms with Crippen LogP contribution in [-0.4, -0.2) is 68.7 Å². The maximum atomic E-state index is 13.2. The minimum absolute atomic E-state index is 0.0492. The van der Waals surface area contributed by atoms with Crippen LogP contribution in [0.5, 0.6) is 11.5 Å². The van der Waals surface area contributed by atoms with Gasteiger partial charge in [-0.15, -0.1) is 11.8 Å². The van der Waals surface area contributed by atoms with Crippen molar-refractivity contribution in [2.24, 2.45) is 0 Å².